The first-order chi connectivity index (χ1) is 17.8. The van der Waals surface area contributed by atoms with Gasteiger partial charge in [0.05, 0.1) is 30.4 Å². The first-order valence-electron chi connectivity index (χ1n) is 11.7. The van der Waals surface area contributed by atoms with Gasteiger partial charge >= 0.3 is 12.1 Å². The molecular formula is C23H27F3N4O7S. The van der Waals surface area contributed by atoms with Gasteiger partial charge in [0.1, 0.15) is 0 Å². The lowest BCUT2D eigenvalue weighted by molar-refractivity contribution is -0.159. The summed E-state index contributed by atoms with van der Waals surface area (Å²) in [4.78, 5) is 43.9. The molecule has 1 aromatic carbocycles. The van der Waals surface area contributed by atoms with E-state index in [1.807, 2.05) is 0 Å². The SMILES string of the molecule is CC[C@H](NC(=O)C(CC(=O)N1CCOCC1)C(c1ccccc1)S(C)(=O)=O)C(=O)c1noc(C(F)(F)F)n1. The van der Waals surface area contributed by atoms with E-state index >= 15 is 0 Å². The zero-order chi connectivity index (χ0) is 28.1. The van der Waals surface area contributed by atoms with Gasteiger partial charge in [0.2, 0.25) is 23.4 Å². The van der Waals surface area contributed by atoms with E-state index in [2.05, 4.69) is 20.0 Å². The number of morpholine rings is 1. The first kappa shape index (κ1) is 29.2. The molecule has 2 aromatic rings. The largest absolute Gasteiger partial charge is 0.471 e. The van der Waals surface area contributed by atoms with Gasteiger partial charge < -0.3 is 19.5 Å². The average molecular weight is 561 g/mol. The van der Waals surface area contributed by atoms with E-state index in [0.717, 1.165) is 6.26 Å². The van der Waals surface area contributed by atoms with Crippen LogP contribution in [0.5, 0.6) is 0 Å². The third kappa shape index (κ3) is 7.16. The summed E-state index contributed by atoms with van der Waals surface area (Å²) in [6.07, 6.45) is -4.62. The summed E-state index contributed by atoms with van der Waals surface area (Å²) >= 11 is 0. The molecule has 11 nitrogen and oxygen atoms in total. The number of hydrogen-bond donors (Lipinski definition) is 1. The summed E-state index contributed by atoms with van der Waals surface area (Å²) in [5.41, 5.74) is 0.261. The average Bonchev–Trinajstić information content (AvgIpc) is 3.38. The summed E-state index contributed by atoms with van der Waals surface area (Å²) in [6, 6.07) is 6.43. The molecule has 1 N–H and O–H groups in total. The summed E-state index contributed by atoms with van der Waals surface area (Å²) in [5, 5.41) is 4.01. The molecule has 1 aliphatic heterocycles. The van der Waals surface area contributed by atoms with Gasteiger partial charge in [-0.1, -0.05) is 42.4 Å². The van der Waals surface area contributed by atoms with Crippen molar-refractivity contribution in [1.29, 1.82) is 0 Å². The highest BCUT2D eigenvalue weighted by atomic mass is 32.2. The molecule has 0 bridgehead atoms. The monoisotopic (exact) mass is 560 g/mol. The fraction of sp³-hybridized carbons (Fsp3) is 0.522. The number of alkyl halides is 3. The van der Waals surface area contributed by atoms with Crippen LogP contribution in [0.3, 0.4) is 0 Å². The molecular weight excluding hydrogens is 533 g/mol. The predicted molar refractivity (Wildman–Crippen MR) is 125 cm³/mol. The molecule has 0 spiro atoms. The maximum absolute atomic E-state index is 13.5. The van der Waals surface area contributed by atoms with E-state index in [1.54, 1.807) is 18.2 Å². The highest BCUT2D eigenvalue weighted by Crippen LogP contribution is 2.33. The van der Waals surface area contributed by atoms with Crippen molar-refractivity contribution in [2.45, 2.75) is 37.2 Å². The number of ketones is 1. The van der Waals surface area contributed by atoms with Crippen LogP contribution >= 0.6 is 0 Å². The Labute approximate surface area is 216 Å². The molecule has 3 atom stereocenters. The van der Waals surface area contributed by atoms with Crippen LogP contribution in [0.25, 0.3) is 0 Å². The number of benzene rings is 1. The molecule has 1 aliphatic rings. The van der Waals surface area contributed by atoms with Crippen molar-refractivity contribution >= 4 is 27.4 Å². The van der Waals surface area contributed by atoms with Gasteiger partial charge in [-0.25, -0.2) is 8.42 Å². The maximum Gasteiger partial charge on any atom is 0.471 e. The second-order valence-electron chi connectivity index (χ2n) is 8.72. The standard InChI is InChI=1S/C23H27F3N4O7S/c1-3-16(18(32)20-28-22(37-29-20)23(24,25)26)27-21(33)15(13-17(31)30-9-11-36-12-10-30)19(38(2,34)35)14-7-5-4-6-8-14/h4-8,15-16,19H,3,9-13H2,1-2H3,(H,27,33)/t15?,16-,19?/m0/s1. The third-order valence-corrected chi connectivity index (χ3v) is 7.50. The second kappa shape index (κ2) is 12.0. The van der Waals surface area contributed by atoms with Gasteiger partial charge in [-0.05, 0) is 12.0 Å². The number of halogens is 3. The Bertz CT molecular complexity index is 1250. The van der Waals surface area contributed by atoms with E-state index in [0.29, 0.717) is 0 Å². The lowest BCUT2D eigenvalue weighted by Crippen LogP contribution is -2.48. The molecule has 2 heterocycles. The number of carbonyl (C=O) groups is 3. The Morgan fingerprint density at radius 2 is 1.76 bits per heavy atom. The lowest BCUT2D eigenvalue weighted by atomic mass is 9.93. The summed E-state index contributed by atoms with van der Waals surface area (Å²) in [7, 11) is -3.97. The van der Waals surface area contributed by atoms with Crippen LogP contribution in [0.4, 0.5) is 13.2 Å². The molecule has 1 saturated heterocycles. The zero-order valence-electron chi connectivity index (χ0n) is 20.6. The zero-order valence-corrected chi connectivity index (χ0v) is 21.4. The van der Waals surface area contributed by atoms with Crippen molar-refractivity contribution in [3.63, 3.8) is 0 Å². The van der Waals surface area contributed by atoms with E-state index in [1.165, 1.54) is 24.0 Å². The molecule has 0 saturated carbocycles. The van der Waals surface area contributed by atoms with Crippen LogP contribution in [0, 0.1) is 5.92 Å². The quantitative estimate of drug-likeness (QED) is 0.430. The molecule has 38 heavy (non-hydrogen) atoms. The summed E-state index contributed by atoms with van der Waals surface area (Å²) in [6.45, 7) is 2.57. The minimum Gasteiger partial charge on any atom is -0.378 e. The highest BCUT2D eigenvalue weighted by Gasteiger charge is 2.42. The van der Waals surface area contributed by atoms with Gasteiger partial charge in [-0.2, -0.15) is 18.2 Å². The Kier molecular flexibility index (Phi) is 9.25. The van der Waals surface area contributed by atoms with Crippen molar-refractivity contribution < 1.29 is 45.2 Å². The van der Waals surface area contributed by atoms with Gasteiger partial charge in [0, 0.05) is 25.8 Å². The van der Waals surface area contributed by atoms with Crippen molar-refractivity contribution in [2.75, 3.05) is 32.6 Å². The van der Waals surface area contributed by atoms with E-state index in [9.17, 15) is 36.0 Å². The molecule has 2 unspecified atom stereocenters. The molecule has 0 radical (unpaired) electrons. The van der Waals surface area contributed by atoms with Crippen LogP contribution in [0.2, 0.25) is 0 Å². The van der Waals surface area contributed by atoms with Gasteiger partial charge in [-0.15, -0.1) is 0 Å². The molecule has 208 valence electrons. The Morgan fingerprint density at radius 3 is 2.29 bits per heavy atom. The number of Topliss-reactive ketones (excluding diaryl/α,β-unsaturated/α-hetero) is 1. The number of nitrogens with one attached hydrogen (secondary N) is 1. The van der Waals surface area contributed by atoms with E-state index in [4.69, 9.17) is 4.74 Å². The number of carbonyl (C=O) groups excluding carboxylic acids is 3. The number of ether oxygens (including phenoxy) is 1. The fourth-order valence-electron chi connectivity index (χ4n) is 4.11. The number of sulfone groups is 1. The minimum atomic E-state index is -4.97. The van der Waals surface area contributed by atoms with Crippen molar-refractivity contribution in [1.82, 2.24) is 20.4 Å². The summed E-state index contributed by atoms with van der Waals surface area (Å²) < 4.78 is 73.6. The predicted octanol–water partition coefficient (Wildman–Crippen LogP) is 1.82. The molecule has 0 aliphatic carbocycles. The van der Waals surface area contributed by atoms with E-state index < -0.39 is 69.0 Å². The maximum atomic E-state index is 13.5. The fourth-order valence-corrected chi connectivity index (χ4v) is 5.58. The van der Waals surface area contributed by atoms with Crippen molar-refractivity contribution in [2.24, 2.45) is 5.92 Å². The highest BCUT2D eigenvalue weighted by molar-refractivity contribution is 7.91. The normalized spacial score (nSPS) is 16.9. The Morgan fingerprint density at radius 1 is 1.13 bits per heavy atom. The number of nitrogens with zero attached hydrogens (tertiary/aromatic N) is 3. The third-order valence-electron chi connectivity index (χ3n) is 5.98. The first-order valence-corrected chi connectivity index (χ1v) is 13.6. The van der Waals surface area contributed by atoms with Crippen LogP contribution in [0.15, 0.2) is 34.9 Å². The number of aromatic nitrogens is 2. The molecule has 1 fully saturated rings. The molecule has 3 rings (SSSR count). The molecule has 15 heteroatoms. The van der Waals surface area contributed by atoms with Gasteiger partial charge in [-0.3, -0.25) is 14.4 Å². The van der Waals surface area contributed by atoms with Gasteiger partial charge in [0.15, 0.2) is 9.84 Å². The van der Waals surface area contributed by atoms with Crippen LogP contribution in [0.1, 0.15) is 47.1 Å². The smallest absolute Gasteiger partial charge is 0.378 e. The van der Waals surface area contributed by atoms with Crippen molar-refractivity contribution in [3.05, 3.63) is 47.6 Å². The van der Waals surface area contributed by atoms with Crippen LogP contribution in [-0.2, 0) is 30.3 Å². The van der Waals surface area contributed by atoms with E-state index in [-0.39, 0.29) is 38.3 Å². The van der Waals surface area contributed by atoms with Crippen LogP contribution < -0.4 is 5.32 Å². The topological polar surface area (TPSA) is 149 Å². The minimum absolute atomic E-state index is 0.0839. The lowest BCUT2D eigenvalue weighted by Gasteiger charge is -2.31. The van der Waals surface area contributed by atoms with Crippen LogP contribution in [-0.4, -0.2) is 79.7 Å². The Hall–Kier alpha value is -3.33. The number of amides is 2. The molecule has 1 aromatic heterocycles. The Balaban J connectivity index is 1.92. The van der Waals surface area contributed by atoms with Gasteiger partial charge in [0.25, 0.3) is 0 Å². The van der Waals surface area contributed by atoms with Crippen molar-refractivity contribution in [3.8, 4) is 0 Å². The second-order valence-corrected chi connectivity index (χ2v) is 10.9. The summed E-state index contributed by atoms with van der Waals surface area (Å²) in [5.74, 6) is -6.56. The number of hydrogen-bond acceptors (Lipinski definition) is 9. The number of rotatable bonds is 10. The molecule has 2 amide bonds.